The third-order valence-corrected chi connectivity index (χ3v) is 1.32. The van der Waals surface area contributed by atoms with Gasteiger partial charge in [-0.25, -0.2) is 4.98 Å². The van der Waals surface area contributed by atoms with Gasteiger partial charge in [0, 0.05) is 13.2 Å². The van der Waals surface area contributed by atoms with E-state index in [9.17, 15) is 13.2 Å². The summed E-state index contributed by atoms with van der Waals surface area (Å²) in [6, 6.07) is 0. The van der Waals surface area contributed by atoms with E-state index in [1.165, 1.54) is 17.9 Å². The smallest absolute Gasteiger partial charge is 0.378 e. The predicted octanol–water partition coefficient (Wildman–Crippen LogP) is 1.02. The van der Waals surface area contributed by atoms with E-state index >= 15 is 0 Å². The number of rotatable bonds is 1. The molecule has 12 heavy (non-hydrogen) atoms. The maximum atomic E-state index is 11.8. The van der Waals surface area contributed by atoms with Crippen LogP contribution in [0.3, 0.4) is 0 Å². The first-order valence-electron chi connectivity index (χ1n) is 3.14. The van der Waals surface area contributed by atoms with Gasteiger partial charge in [-0.1, -0.05) is 0 Å². The van der Waals surface area contributed by atoms with Crippen LogP contribution in [0.1, 0.15) is 11.8 Å². The summed E-state index contributed by atoms with van der Waals surface area (Å²) in [5, 5.41) is 8.67. The molecule has 0 aliphatic rings. The predicted molar refractivity (Wildman–Crippen MR) is 34.2 cm³/mol. The Labute approximate surface area is 66.5 Å². The van der Waals surface area contributed by atoms with E-state index in [4.69, 9.17) is 5.11 Å². The lowest BCUT2D eigenvalue weighted by atomic mass is 10.3. The molecule has 0 saturated heterocycles. The fourth-order valence-electron chi connectivity index (χ4n) is 0.742. The lowest BCUT2D eigenvalue weighted by Crippen LogP contribution is -2.20. The molecule has 0 fully saturated rings. The second-order valence-electron chi connectivity index (χ2n) is 2.41. The topological polar surface area (TPSA) is 38.0 Å². The molecule has 1 N–H and O–H groups in total. The molecular formula is C6H7F3N2O. The van der Waals surface area contributed by atoms with E-state index in [-0.39, 0.29) is 5.69 Å². The molecule has 0 aliphatic carbocycles. The van der Waals surface area contributed by atoms with Gasteiger partial charge in [0.15, 0.2) is 6.10 Å². The molecule has 0 aliphatic heterocycles. The fourth-order valence-corrected chi connectivity index (χ4v) is 0.742. The number of nitrogens with zero attached hydrogens (tertiary/aromatic N) is 2. The molecule has 6 heteroatoms. The average Bonchev–Trinajstić information content (AvgIpc) is 2.32. The Kier molecular flexibility index (Phi) is 2.10. The highest BCUT2D eigenvalue weighted by molar-refractivity contribution is 5.02. The van der Waals surface area contributed by atoms with E-state index in [0.29, 0.717) is 0 Å². The fraction of sp³-hybridized carbons (Fsp3) is 0.500. The van der Waals surface area contributed by atoms with Gasteiger partial charge in [0.05, 0.1) is 12.0 Å². The van der Waals surface area contributed by atoms with Crippen LogP contribution in [0.5, 0.6) is 0 Å². The molecule has 0 spiro atoms. The number of aliphatic hydroxyl groups excluding tert-OH is 1. The van der Waals surface area contributed by atoms with Crippen LogP contribution in [0.25, 0.3) is 0 Å². The van der Waals surface area contributed by atoms with Crippen LogP contribution in [0.15, 0.2) is 12.5 Å². The van der Waals surface area contributed by atoms with Gasteiger partial charge >= 0.3 is 6.18 Å². The van der Waals surface area contributed by atoms with Gasteiger partial charge in [-0.2, -0.15) is 13.2 Å². The number of halogens is 3. The van der Waals surface area contributed by atoms with Crippen LogP contribution in [0.4, 0.5) is 13.2 Å². The molecule has 3 nitrogen and oxygen atoms in total. The summed E-state index contributed by atoms with van der Waals surface area (Å²) >= 11 is 0. The second-order valence-corrected chi connectivity index (χ2v) is 2.41. The average molecular weight is 180 g/mol. The van der Waals surface area contributed by atoms with Crippen molar-refractivity contribution >= 4 is 0 Å². The largest absolute Gasteiger partial charge is 0.420 e. The van der Waals surface area contributed by atoms with Crippen LogP contribution in [-0.2, 0) is 7.05 Å². The second kappa shape index (κ2) is 2.78. The Morgan fingerprint density at radius 2 is 2.17 bits per heavy atom. The van der Waals surface area contributed by atoms with E-state index in [1.807, 2.05) is 0 Å². The molecule has 0 amide bonds. The van der Waals surface area contributed by atoms with Gasteiger partial charge in [0.25, 0.3) is 0 Å². The number of aliphatic hydroxyl groups is 1. The molecule has 0 radical (unpaired) electrons. The van der Waals surface area contributed by atoms with Gasteiger partial charge in [0.2, 0.25) is 0 Å². The first-order chi connectivity index (χ1) is 5.41. The molecule has 0 saturated carbocycles. The molecule has 1 unspecified atom stereocenters. The molecular weight excluding hydrogens is 173 g/mol. The quantitative estimate of drug-likeness (QED) is 0.700. The van der Waals surface area contributed by atoms with Crippen LogP contribution >= 0.6 is 0 Å². The number of hydrogen-bond acceptors (Lipinski definition) is 2. The zero-order chi connectivity index (χ0) is 9.35. The SMILES string of the molecule is Cn1cnc(C(O)C(F)(F)F)c1. The minimum Gasteiger partial charge on any atom is -0.378 e. The summed E-state index contributed by atoms with van der Waals surface area (Å²) in [7, 11) is 1.53. The molecule has 1 rings (SSSR count). The first-order valence-corrected chi connectivity index (χ1v) is 3.14. The maximum absolute atomic E-state index is 11.8. The normalized spacial score (nSPS) is 14.8. The van der Waals surface area contributed by atoms with Crippen molar-refractivity contribution in [2.75, 3.05) is 0 Å². The van der Waals surface area contributed by atoms with E-state index in [0.717, 1.165) is 6.20 Å². The van der Waals surface area contributed by atoms with Crippen LogP contribution in [0, 0.1) is 0 Å². The van der Waals surface area contributed by atoms with Gasteiger partial charge in [0.1, 0.15) is 0 Å². The summed E-state index contributed by atoms with van der Waals surface area (Å²) in [6.45, 7) is 0. The van der Waals surface area contributed by atoms with Crippen molar-refractivity contribution in [2.24, 2.45) is 7.05 Å². The standard InChI is InChI=1S/C6H7F3N2O/c1-11-2-4(10-3-11)5(12)6(7,8)9/h2-3,5,12H,1H3. The Morgan fingerprint density at radius 3 is 2.50 bits per heavy atom. The number of aromatic nitrogens is 2. The summed E-state index contributed by atoms with van der Waals surface area (Å²) in [5.74, 6) is 0. The molecule has 0 bridgehead atoms. The van der Waals surface area contributed by atoms with Crippen molar-refractivity contribution in [1.29, 1.82) is 0 Å². The summed E-state index contributed by atoms with van der Waals surface area (Å²) in [4.78, 5) is 3.38. The zero-order valence-electron chi connectivity index (χ0n) is 6.21. The van der Waals surface area contributed by atoms with Gasteiger partial charge < -0.3 is 9.67 Å². The van der Waals surface area contributed by atoms with Crippen LogP contribution < -0.4 is 0 Å². The summed E-state index contributed by atoms with van der Waals surface area (Å²) in [6.07, 6.45) is -4.81. The first kappa shape index (κ1) is 9.05. The lowest BCUT2D eigenvalue weighted by Gasteiger charge is -2.11. The molecule has 0 aromatic carbocycles. The number of imidazole rings is 1. The number of alkyl halides is 3. The third-order valence-electron chi connectivity index (χ3n) is 1.32. The van der Waals surface area contributed by atoms with Gasteiger partial charge in [-0.3, -0.25) is 0 Å². The number of aryl methyl sites for hydroxylation is 1. The van der Waals surface area contributed by atoms with Gasteiger partial charge in [-0.15, -0.1) is 0 Å². The monoisotopic (exact) mass is 180 g/mol. The minimum absolute atomic E-state index is 0.384. The third kappa shape index (κ3) is 1.76. The zero-order valence-corrected chi connectivity index (χ0v) is 6.21. The van der Waals surface area contributed by atoms with Gasteiger partial charge in [-0.05, 0) is 0 Å². The molecule has 1 heterocycles. The lowest BCUT2D eigenvalue weighted by molar-refractivity contribution is -0.207. The van der Waals surface area contributed by atoms with E-state index in [1.54, 1.807) is 0 Å². The highest BCUT2D eigenvalue weighted by Gasteiger charge is 2.40. The Hall–Kier alpha value is -1.04. The highest BCUT2D eigenvalue weighted by Crippen LogP contribution is 2.30. The van der Waals surface area contributed by atoms with Crippen molar-refractivity contribution in [3.05, 3.63) is 18.2 Å². The van der Waals surface area contributed by atoms with Crippen molar-refractivity contribution in [1.82, 2.24) is 9.55 Å². The maximum Gasteiger partial charge on any atom is 0.420 e. The van der Waals surface area contributed by atoms with Crippen molar-refractivity contribution in [3.63, 3.8) is 0 Å². The summed E-state index contributed by atoms with van der Waals surface area (Å²) < 4.78 is 36.9. The Bertz CT molecular complexity index is 268. The molecule has 68 valence electrons. The summed E-state index contributed by atoms with van der Waals surface area (Å²) in [5.41, 5.74) is -0.384. The molecule has 1 atom stereocenters. The van der Waals surface area contributed by atoms with Crippen LogP contribution in [-0.4, -0.2) is 20.8 Å². The molecule has 1 aromatic rings. The number of hydrogen-bond donors (Lipinski definition) is 1. The van der Waals surface area contributed by atoms with E-state index < -0.39 is 12.3 Å². The van der Waals surface area contributed by atoms with Crippen molar-refractivity contribution < 1.29 is 18.3 Å². The van der Waals surface area contributed by atoms with Crippen molar-refractivity contribution in [3.8, 4) is 0 Å². The highest BCUT2D eigenvalue weighted by atomic mass is 19.4. The van der Waals surface area contributed by atoms with E-state index in [2.05, 4.69) is 4.98 Å². The van der Waals surface area contributed by atoms with Crippen molar-refractivity contribution in [2.45, 2.75) is 12.3 Å². The molecule has 1 aromatic heterocycles. The Morgan fingerprint density at radius 1 is 1.58 bits per heavy atom. The Balaban J connectivity index is 2.85. The minimum atomic E-state index is -4.64. The van der Waals surface area contributed by atoms with Crippen LogP contribution in [0.2, 0.25) is 0 Å².